The first-order valence-corrected chi connectivity index (χ1v) is 11.0. The minimum atomic E-state index is -3.09. The zero-order valence-electron chi connectivity index (χ0n) is 15.9. The van der Waals surface area contributed by atoms with Crippen molar-refractivity contribution in [2.24, 2.45) is 0 Å². The molecule has 0 radical (unpaired) electrons. The second-order valence-corrected chi connectivity index (χ2v) is 9.08. The van der Waals surface area contributed by atoms with Crippen LogP contribution < -0.4 is 0 Å². The Bertz CT molecular complexity index is 783. The number of carbonyl (C=O) groups excluding carboxylic acids is 2. The van der Waals surface area contributed by atoms with E-state index in [0.717, 1.165) is 24.0 Å². The van der Waals surface area contributed by atoms with E-state index in [1.54, 1.807) is 11.0 Å². The van der Waals surface area contributed by atoms with Crippen LogP contribution in [0.15, 0.2) is 30.3 Å². The molecular weight excluding hydrogens is 366 g/mol. The standard InChI is InChI=1S/C20H27NO5S/c1-3-4-12-21(18-11-13-27(24,25)15-18)19(22)14-26-20(23)10-9-17-7-5-16(2)6-8-17/h5-10,18H,3-4,11-15H2,1-2H3/b10-9+. The predicted molar refractivity (Wildman–Crippen MR) is 105 cm³/mol. The highest BCUT2D eigenvalue weighted by Gasteiger charge is 2.34. The maximum absolute atomic E-state index is 12.5. The summed E-state index contributed by atoms with van der Waals surface area (Å²) in [5, 5.41) is 0. The molecule has 1 aromatic carbocycles. The molecule has 2 rings (SSSR count). The topological polar surface area (TPSA) is 80.8 Å². The van der Waals surface area contributed by atoms with Crippen LogP contribution in [0.25, 0.3) is 6.08 Å². The minimum absolute atomic E-state index is 0.0102. The first-order valence-electron chi connectivity index (χ1n) is 9.22. The van der Waals surface area contributed by atoms with Crippen LogP contribution in [-0.4, -0.2) is 55.9 Å². The van der Waals surface area contributed by atoms with Crippen molar-refractivity contribution in [1.29, 1.82) is 0 Å². The third-order valence-corrected chi connectivity index (χ3v) is 6.30. The Morgan fingerprint density at radius 1 is 1.26 bits per heavy atom. The molecule has 1 heterocycles. The maximum atomic E-state index is 12.5. The van der Waals surface area contributed by atoms with Crippen molar-refractivity contribution in [2.45, 2.75) is 39.2 Å². The molecule has 7 heteroatoms. The van der Waals surface area contributed by atoms with Gasteiger partial charge in [-0.1, -0.05) is 43.2 Å². The van der Waals surface area contributed by atoms with Crippen molar-refractivity contribution in [3.63, 3.8) is 0 Å². The summed E-state index contributed by atoms with van der Waals surface area (Å²) >= 11 is 0. The smallest absolute Gasteiger partial charge is 0.331 e. The summed E-state index contributed by atoms with van der Waals surface area (Å²) < 4.78 is 28.5. The lowest BCUT2D eigenvalue weighted by atomic mass is 10.1. The van der Waals surface area contributed by atoms with Crippen molar-refractivity contribution in [2.75, 3.05) is 24.7 Å². The number of aryl methyl sites for hydroxylation is 1. The molecule has 1 aromatic rings. The first-order chi connectivity index (χ1) is 12.8. The van der Waals surface area contributed by atoms with Gasteiger partial charge >= 0.3 is 5.97 Å². The molecular formula is C20H27NO5S. The maximum Gasteiger partial charge on any atom is 0.331 e. The molecule has 0 aromatic heterocycles. The van der Waals surface area contributed by atoms with Gasteiger partial charge in [0, 0.05) is 18.7 Å². The number of hydrogen-bond acceptors (Lipinski definition) is 5. The lowest BCUT2D eigenvalue weighted by Gasteiger charge is -2.28. The van der Waals surface area contributed by atoms with Gasteiger partial charge in [-0.25, -0.2) is 13.2 Å². The molecule has 0 saturated carbocycles. The number of esters is 1. The van der Waals surface area contributed by atoms with E-state index in [1.807, 2.05) is 38.1 Å². The van der Waals surface area contributed by atoms with Crippen molar-refractivity contribution in [3.05, 3.63) is 41.5 Å². The van der Waals surface area contributed by atoms with Crippen LogP contribution >= 0.6 is 0 Å². The molecule has 0 N–H and O–H groups in total. The number of hydrogen-bond donors (Lipinski definition) is 0. The summed E-state index contributed by atoms with van der Waals surface area (Å²) in [5.74, 6) is -0.850. The Hall–Kier alpha value is -2.15. The molecule has 1 amide bonds. The molecule has 0 aliphatic carbocycles. The molecule has 1 unspecified atom stereocenters. The molecule has 1 saturated heterocycles. The fourth-order valence-electron chi connectivity index (χ4n) is 2.97. The number of amides is 1. The van der Waals surface area contributed by atoms with E-state index in [1.165, 1.54) is 6.08 Å². The van der Waals surface area contributed by atoms with Crippen LogP contribution in [0.1, 0.15) is 37.3 Å². The number of sulfone groups is 1. The van der Waals surface area contributed by atoms with Crippen molar-refractivity contribution in [3.8, 4) is 0 Å². The Kier molecular flexibility index (Phi) is 7.59. The number of nitrogens with zero attached hydrogens (tertiary/aromatic N) is 1. The number of ether oxygens (including phenoxy) is 1. The fourth-order valence-corrected chi connectivity index (χ4v) is 4.70. The van der Waals surface area contributed by atoms with E-state index in [4.69, 9.17) is 4.74 Å². The van der Waals surface area contributed by atoms with Gasteiger partial charge in [0.25, 0.3) is 5.91 Å². The van der Waals surface area contributed by atoms with E-state index in [-0.39, 0.29) is 30.1 Å². The SMILES string of the molecule is CCCCN(C(=O)COC(=O)/C=C/c1ccc(C)cc1)C1CCS(=O)(=O)C1. The van der Waals surface area contributed by atoms with Gasteiger partial charge < -0.3 is 9.64 Å². The molecule has 0 spiro atoms. The zero-order chi connectivity index (χ0) is 19.9. The van der Waals surface area contributed by atoms with E-state index in [2.05, 4.69) is 0 Å². The second-order valence-electron chi connectivity index (χ2n) is 6.85. The largest absolute Gasteiger partial charge is 0.452 e. The van der Waals surface area contributed by atoms with E-state index in [9.17, 15) is 18.0 Å². The predicted octanol–water partition coefficient (Wildman–Crippen LogP) is 2.37. The second kappa shape index (κ2) is 9.69. The van der Waals surface area contributed by atoms with Crippen LogP contribution in [0.5, 0.6) is 0 Å². The third-order valence-electron chi connectivity index (χ3n) is 4.55. The Morgan fingerprint density at radius 2 is 1.96 bits per heavy atom. The van der Waals surface area contributed by atoms with Crippen molar-refractivity contribution >= 4 is 27.8 Å². The number of carbonyl (C=O) groups is 2. The van der Waals surface area contributed by atoms with Gasteiger partial charge in [0.1, 0.15) is 0 Å². The molecule has 1 fully saturated rings. The zero-order valence-corrected chi connectivity index (χ0v) is 16.7. The molecule has 1 atom stereocenters. The quantitative estimate of drug-likeness (QED) is 0.500. The molecule has 1 aliphatic rings. The molecule has 27 heavy (non-hydrogen) atoms. The van der Waals surface area contributed by atoms with Crippen molar-refractivity contribution in [1.82, 2.24) is 4.90 Å². The Labute approximate surface area is 161 Å². The summed E-state index contributed by atoms with van der Waals surface area (Å²) in [5.41, 5.74) is 1.99. The summed E-state index contributed by atoms with van der Waals surface area (Å²) in [4.78, 5) is 25.9. The van der Waals surface area contributed by atoms with Gasteiger partial charge in [0.05, 0.1) is 11.5 Å². The van der Waals surface area contributed by atoms with Crippen LogP contribution in [0.4, 0.5) is 0 Å². The highest BCUT2D eigenvalue weighted by molar-refractivity contribution is 7.91. The van der Waals surface area contributed by atoms with Crippen LogP contribution in [0, 0.1) is 6.92 Å². The summed E-state index contributed by atoms with van der Waals surface area (Å²) in [6, 6.07) is 7.33. The molecule has 6 nitrogen and oxygen atoms in total. The lowest BCUT2D eigenvalue weighted by Crippen LogP contribution is -2.43. The van der Waals surface area contributed by atoms with Gasteiger partial charge in [-0.3, -0.25) is 4.79 Å². The average Bonchev–Trinajstić information content (AvgIpc) is 2.99. The highest BCUT2D eigenvalue weighted by atomic mass is 32.2. The average molecular weight is 394 g/mol. The summed E-state index contributed by atoms with van der Waals surface area (Å²) in [7, 11) is -3.09. The number of unbranched alkanes of at least 4 members (excludes halogenated alkanes) is 1. The number of rotatable bonds is 8. The van der Waals surface area contributed by atoms with Crippen molar-refractivity contribution < 1.29 is 22.7 Å². The Balaban J connectivity index is 1.90. The van der Waals surface area contributed by atoms with E-state index >= 15 is 0 Å². The van der Waals surface area contributed by atoms with Gasteiger partial charge in [0.15, 0.2) is 16.4 Å². The lowest BCUT2D eigenvalue weighted by molar-refractivity contribution is -0.149. The van der Waals surface area contributed by atoms with Gasteiger partial charge in [-0.05, 0) is 31.4 Å². The van der Waals surface area contributed by atoms with Gasteiger partial charge in [-0.15, -0.1) is 0 Å². The van der Waals surface area contributed by atoms with E-state index < -0.39 is 15.8 Å². The normalized spacial score (nSPS) is 18.5. The molecule has 1 aliphatic heterocycles. The first kappa shape index (κ1) is 21.2. The summed E-state index contributed by atoms with van der Waals surface area (Å²) in [6.07, 6.45) is 5.03. The molecule has 148 valence electrons. The fraction of sp³-hybridized carbons (Fsp3) is 0.500. The summed E-state index contributed by atoms with van der Waals surface area (Å²) in [6.45, 7) is 4.08. The minimum Gasteiger partial charge on any atom is -0.452 e. The van der Waals surface area contributed by atoms with Crippen LogP contribution in [0.2, 0.25) is 0 Å². The van der Waals surface area contributed by atoms with Gasteiger partial charge in [0.2, 0.25) is 0 Å². The third kappa shape index (κ3) is 6.82. The Morgan fingerprint density at radius 3 is 2.56 bits per heavy atom. The highest BCUT2D eigenvalue weighted by Crippen LogP contribution is 2.18. The van der Waals surface area contributed by atoms with Crippen LogP contribution in [-0.2, 0) is 24.2 Å². The van der Waals surface area contributed by atoms with Gasteiger partial charge in [-0.2, -0.15) is 0 Å². The van der Waals surface area contributed by atoms with Crippen LogP contribution in [0.3, 0.4) is 0 Å². The van der Waals surface area contributed by atoms with E-state index in [0.29, 0.717) is 13.0 Å². The molecule has 0 bridgehead atoms. The number of benzene rings is 1. The monoisotopic (exact) mass is 393 g/mol.